The van der Waals surface area contributed by atoms with Crippen LogP contribution in [0.25, 0.3) is 0 Å². The second kappa shape index (κ2) is 5.36. The number of furan rings is 1. The van der Waals surface area contributed by atoms with Gasteiger partial charge in [-0.25, -0.2) is 4.39 Å². The lowest BCUT2D eigenvalue weighted by Gasteiger charge is -2.14. The number of carbonyl (C=O) groups is 1. The first-order valence-electron chi connectivity index (χ1n) is 6.25. The third kappa shape index (κ3) is 2.66. The highest BCUT2D eigenvalue weighted by molar-refractivity contribution is 5.97. The van der Waals surface area contributed by atoms with Crippen LogP contribution in [0.15, 0.2) is 28.7 Å². The van der Waals surface area contributed by atoms with Crippen LogP contribution in [0.5, 0.6) is 5.75 Å². The molecule has 1 atom stereocenters. The molecule has 106 valence electrons. The van der Waals surface area contributed by atoms with Crippen LogP contribution in [-0.2, 0) is 0 Å². The zero-order chi connectivity index (χ0) is 14.9. The lowest BCUT2D eigenvalue weighted by Crippen LogP contribution is -2.27. The molecule has 0 aliphatic rings. The van der Waals surface area contributed by atoms with E-state index in [2.05, 4.69) is 5.32 Å². The molecule has 1 aromatic heterocycles. The van der Waals surface area contributed by atoms with Gasteiger partial charge in [-0.05, 0) is 39.0 Å². The average molecular weight is 277 g/mol. The number of halogens is 1. The van der Waals surface area contributed by atoms with Gasteiger partial charge in [-0.15, -0.1) is 0 Å². The molecule has 0 saturated heterocycles. The third-order valence-electron chi connectivity index (χ3n) is 3.11. The third-order valence-corrected chi connectivity index (χ3v) is 3.11. The molecule has 0 aliphatic carbocycles. The van der Waals surface area contributed by atoms with Gasteiger partial charge in [0.05, 0.1) is 6.04 Å². The van der Waals surface area contributed by atoms with Gasteiger partial charge in [-0.2, -0.15) is 0 Å². The van der Waals surface area contributed by atoms with Crippen LogP contribution in [0, 0.1) is 19.7 Å². The van der Waals surface area contributed by atoms with E-state index in [4.69, 9.17) is 4.42 Å². The van der Waals surface area contributed by atoms with Crippen molar-refractivity contribution in [1.82, 2.24) is 5.32 Å². The smallest absolute Gasteiger partial charge is 0.258 e. The Morgan fingerprint density at radius 2 is 2.10 bits per heavy atom. The van der Waals surface area contributed by atoms with Crippen molar-refractivity contribution in [1.29, 1.82) is 0 Å². The number of nitrogens with one attached hydrogen (secondary N) is 1. The quantitative estimate of drug-likeness (QED) is 0.905. The van der Waals surface area contributed by atoms with Gasteiger partial charge in [0.1, 0.15) is 28.7 Å². The highest BCUT2D eigenvalue weighted by atomic mass is 19.1. The molecule has 20 heavy (non-hydrogen) atoms. The van der Waals surface area contributed by atoms with Crippen molar-refractivity contribution in [3.8, 4) is 5.75 Å². The molecule has 5 heteroatoms. The number of aryl methyl sites for hydroxylation is 2. The summed E-state index contributed by atoms with van der Waals surface area (Å²) in [6.07, 6.45) is 0. The molecule has 1 aromatic carbocycles. The number of benzene rings is 1. The van der Waals surface area contributed by atoms with E-state index in [0.29, 0.717) is 5.76 Å². The summed E-state index contributed by atoms with van der Waals surface area (Å²) in [5.41, 5.74) is 0.476. The molecule has 0 fully saturated rings. The Kier molecular flexibility index (Phi) is 3.79. The fourth-order valence-electron chi connectivity index (χ4n) is 2.16. The van der Waals surface area contributed by atoms with Crippen LogP contribution in [0.4, 0.5) is 4.39 Å². The predicted molar refractivity (Wildman–Crippen MR) is 72.1 cm³/mol. The minimum absolute atomic E-state index is 0.348. The average Bonchev–Trinajstić information content (AvgIpc) is 2.68. The SMILES string of the molecule is Cc1cc(C(C)NC(=O)c2c(O)cccc2F)c(C)o1. The highest BCUT2D eigenvalue weighted by Crippen LogP contribution is 2.24. The Bertz CT molecular complexity index is 628. The fourth-order valence-corrected chi connectivity index (χ4v) is 2.16. The number of hydrogen-bond acceptors (Lipinski definition) is 3. The first-order valence-corrected chi connectivity index (χ1v) is 6.25. The van der Waals surface area contributed by atoms with Crippen molar-refractivity contribution in [2.45, 2.75) is 26.8 Å². The van der Waals surface area contributed by atoms with E-state index in [-0.39, 0.29) is 17.4 Å². The van der Waals surface area contributed by atoms with Crippen LogP contribution in [0.2, 0.25) is 0 Å². The molecule has 1 unspecified atom stereocenters. The Hall–Kier alpha value is -2.30. The molecule has 0 saturated carbocycles. The molecule has 1 heterocycles. The number of phenols is 1. The topological polar surface area (TPSA) is 62.5 Å². The van der Waals surface area contributed by atoms with Gasteiger partial charge in [-0.1, -0.05) is 6.07 Å². The maximum atomic E-state index is 13.6. The van der Waals surface area contributed by atoms with E-state index in [0.717, 1.165) is 17.4 Å². The Morgan fingerprint density at radius 3 is 2.65 bits per heavy atom. The van der Waals surface area contributed by atoms with Crippen LogP contribution in [-0.4, -0.2) is 11.0 Å². The maximum Gasteiger partial charge on any atom is 0.258 e. The first-order chi connectivity index (χ1) is 9.40. The lowest BCUT2D eigenvalue weighted by atomic mass is 10.1. The van der Waals surface area contributed by atoms with Gasteiger partial charge in [-0.3, -0.25) is 4.79 Å². The Morgan fingerprint density at radius 1 is 1.40 bits per heavy atom. The van der Waals surface area contributed by atoms with Gasteiger partial charge < -0.3 is 14.8 Å². The van der Waals surface area contributed by atoms with Crippen molar-refractivity contribution in [3.63, 3.8) is 0 Å². The largest absolute Gasteiger partial charge is 0.507 e. The van der Waals surface area contributed by atoms with Gasteiger partial charge in [0.25, 0.3) is 5.91 Å². The summed E-state index contributed by atoms with van der Waals surface area (Å²) in [7, 11) is 0. The molecule has 0 spiro atoms. The lowest BCUT2D eigenvalue weighted by molar-refractivity contribution is 0.0932. The summed E-state index contributed by atoms with van der Waals surface area (Å²) in [6.45, 7) is 5.38. The van der Waals surface area contributed by atoms with E-state index in [9.17, 15) is 14.3 Å². The molecule has 1 amide bonds. The van der Waals surface area contributed by atoms with Crippen molar-refractivity contribution in [2.24, 2.45) is 0 Å². The van der Waals surface area contributed by atoms with Gasteiger partial charge in [0, 0.05) is 5.56 Å². The van der Waals surface area contributed by atoms with Crippen LogP contribution in [0.1, 0.15) is 40.4 Å². The number of aromatic hydroxyl groups is 1. The molecule has 2 N–H and O–H groups in total. The predicted octanol–water partition coefficient (Wildman–Crippen LogP) is 3.23. The van der Waals surface area contributed by atoms with Gasteiger partial charge in [0.2, 0.25) is 0 Å². The molecule has 0 bridgehead atoms. The summed E-state index contributed by atoms with van der Waals surface area (Å²) >= 11 is 0. The minimum Gasteiger partial charge on any atom is -0.507 e. The first kappa shape index (κ1) is 14.1. The molecule has 0 aliphatic heterocycles. The monoisotopic (exact) mass is 277 g/mol. The number of rotatable bonds is 3. The van der Waals surface area contributed by atoms with E-state index >= 15 is 0 Å². The minimum atomic E-state index is -0.755. The maximum absolute atomic E-state index is 13.6. The number of hydrogen-bond donors (Lipinski definition) is 2. The van der Waals surface area contributed by atoms with E-state index in [1.54, 1.807) is 13.8 Å². The van der Waals surface area contributed by atoms with Crippen molar-refractivity contribution in [2.75, 3.05) is 0 Å². The Balaban J connectivity index is 2.22. The molecule has 4 nitrogen and oxygen atoms in total. The summed E-state index contributed by atoms with van der Waals surface area (Å²) in [5.74, 6) is -0.351. The summed E-state index contributed by atoms with van der Waals surface area (Å²) < 4.78 is 19.0. The molecular weight excluding hydrogens is 261 g/mol. The number of amides is 1. The zero-order valence-electron chi connectivity index (χ0n) is 11.5. The summed E-state index contributed by atoms with van der Waals surface area (Å²) in [6, 6.07) is 5.22. The standard InChI is InChI=1S/C15H16FNO3/c1-8-7-11(10(3)20-8)9(2)17-15(19)14-12(16)5-4-6-13(14)18/h4-7,9,18H,1-3H3,(H,17,19). The van der Waals surface area contributed by atoms with Crippen LogP contribution >= 0.6 is 0 Å². The molecule has 0 radical (unpaired) electrons. The van der Waals surface area contributed by atoms with Gasteiger partial charge >= 0.3 is 0 Å². The number of carbonyl (C=O) groups excluding carboxylic acids is 1. The molecular formula is C15H16FNO3. The van der Waals surface area contributed by atoms with E-state index in [1.807, 2.05) is 13.0 Å². The van der Waals surface area contributed by atoms with Crippen molar-refractivity contribution >= 4 is 5.91 Å². The summed E-state index contributed by atoms with van der Waals surface area (Å²) in [5, 5.41) is 12.2. The second-order valence-electron chi connectivity index (χ2n) is 4.70. The molecule has 2 rings (SSSR count). The van der Waals surface area contributed by atoms with Gasteiger partial charge in [0.15, 0.2) is 0 Å². The molecule has 2 aromatic rings. The number of phenolic OH excluding ortho intramolecular Hbond substituents is 1. The summed E-state index contributed by atoms with van der Waals surface area (Å²) in [4.78, 5) is 12.0. The fraction of sp³-hybridized carbons (Fsp3) is 0.267. The second-order valence-corrected chi connectivity index (χ2v) is 4.70. The van der Waals surface area contributed by atoms with Crippen LogP contribution < -0.4 is 5.32 Å². The zero-order valence-corrected chi connectivity index (χ0v) is 11.5. The van der Waals surface area contributed by atoms with Crippen LogP contribution in [0.3, 0.4) is 0 Å². The van der Waals surface area contributed by atoms with E-state index in [1.165, 1.54) is 12.1 Å². The van der Waals surface area contributed by atoms with Crippen molar-refractivity contribution < 1.29 is 18.7 Å². The Labute approximate surface area is 116 Å². The normalized spacial score (nSPS) is 12.2. The highest BCUT2D eigenvalue weighted by Gasteiger charge is 2.20. The van der Waals surface area contributed by atoms with Crippen molar-refractivity contribution in [3.05, 3.63) is 52.7 Å². The van der Waals surface area contributed by atoms with E-state index < -0.39 is 11.7 Å².